The van der Waals surface area contributed by atoms with Gasteiger partial charge < -0.3 is 9.72 Å². The van der Waals surface area contributed by atoms with Gasteiger partial charge in [0, 0.05) is 24.2 Å². The van der Waals surface area contributed by atoms with E-state index in [9.17, 15) is 14.4 Å². The Morgan fingerprint density at radius 2 is 1.91 bits per heavy atom. The second kappa shape index (κ2) is 8.28. The minimum absolute atomic E-state index is 0.0391. The minimum Gasteiger partial charge on any atom is -0.436 e. The number of aromatic nitrogens is 4. The van der Waals surface area contributed by atoms with Crippen molar-refractivity contribution in [2.75, 3.05) is 18.6 Å². The lowest BCUT2D eigenvalue weighted by molar-refractivity contribution is 0.169. The Hall–Kier alpha value is -3.22. The number of hydrogen-bond donors (Lipinski definition) is 1. The van der Waals surface area contributed by atoms with Gasteiger partial charge in [-0.25, -0.2) is 14.6 Å². The van der Waals surface area contributed by atoms with E-state index in [1.165, 1.54) is 22.6 Å². The zero-order chi connectivity index (χ0) is 23.3. The molecule has 3 aromatic rings. The molecule has 0 radical (unpaired) electrons. The van der Waals surface area contributed by atoms with Gasteiger partial charge in [0.2, 0.25) is 0 Å². The second-order valence-corrected chi connectivity index (χ2v) is 8.93. The molecule has 2 aliphatic carbocycles. The van der Waals surface area contributed by atoms with Crippen molar-refractivity contribution in [2.24, 2.45) is 0 Å². The summed E-state index contributed by atoms with van der Waals surface area (Å²) in [6.45, 7) is -0.201. The number of benzene rings is 1. The van der Waals surface area contributed by atoms with Crippen molar-refractivity contribution >= 4 is 46.1 Å². The van der Waals surface area contributed by atoms with Crippen LogP contribution in [-0.2, 0) is 4.74 Å². The maximum Gasteiger partial charge on any atom is 0.415 e. The molecule has 33 heavy (non-hydrogen) atoms. The van der Waals surface area contributed by atoms with Crippen LogP contribution in [0.3, 0.4) is 0 Å². The van der Waals surface area contributed by atoms with Gasteiger partial charge in [-0.1, -0.05) is 29.1 Å². The number of carbonyl (C=O) groups is 1. The summed E-state index contributed by atoms with van der Waals surface area (Å²) < 4.78 is 8.10. The van der Waals surface area contributed by atoms with E-state index < -0.39 is 6.09 Å². The average Bonchev–Trinajstić information content (AvgIpc) is 3.70. The van der Waals surface area contributed by atoms with Gasteiger partial charge in [-0.05, 0) is 49.8 Å². The first-order chi connectivity index (χ1) is 15.8. The van der Waals surface area contributed by atoms with E-state index in [1.54, 1.807) is 16.7 Å². The summed E-state index contributed by atoms with van der Waals surface area (Å²) >= 11 is 12.0. The summed E-state index contributed by atoms with van der Waals surface area (Å²) in [4.78, 5) is 46.6. The molecule has 1 aromatic carbocycles. The normalized spacial score (nSPS) is 15.2. The van der Waals surface area contributed by atoms with Crippen molar-refractivity contribution in [1.82, 2.24) is 19.1 Å². The van der Waals surface area contributed by atoms with Crippen molar-refractivity contribution in [3.8, 4) is 11.8 Å². The zero-order valence-electron chi connectivity index (χ0n) is 17.6. The number of ether oxygens (including phenoxy) is 1. The predicted molar refractivity (Wildman–Crippen MR) is 124 cm³/mol. The molecule has 11 heteroatoms. The molecule has 0 atom stereocenters. The third kappa shape index (κ3) is 4.12. The second-order valence-electron chi connectivity index (χ2n) is 8.09. The Bertz CT molecular complexity index is 1450. The number of aromatic amines is 1. The molecule has 1 N–H and O–H groups in total. The number of carbonyl (C=O) groups excluding carboxylic acids is 1. The van der Waals surface area contributed by atoms with Gasteiger partial charge in [0.25, 0.3) is 5.56 Å². The number of anilines is 1. The van der Waals surface area contributed by atoms with Gasteiger partial charge in [0.1, 0.15) is 0 Å². The molecule has 2 aromatic heterocycles. The predicted octanol–water partition coefficient (Wildman–Crippen LogP) is 3.49. The molecule has 0 spiro atoms. The third-order valence-corrected chi connectivity index (χ3v) is 6.14. The maximum absolute atomic E-state index is 12.9. The minimum atomic E-state index is -0.645. The monoisotopic (exact) mass is 487 g/mol. The summed E-state index contributed by atoms with van der Waals surface area (Å²) in [5, 5.41) is 0.770. The highest BCUT2D eigenvalue weighted by Gasteiger charge is 2.34. The van der Waals surface area contributed by atoms with Crippen molar-refractivity contribution in [2.45, 2.75) is 37.8 Å². The lowest BCUT2D eigenvalue weighted by atomic mass is 10.3. The number of amides is 1. The van der Waals surface area contributed by atoms with E-state index in [0.717, 1.165) is 25.7 Å². The Balaban J connectivity index is 1.34. The summed E-state index contributed by atoms with van der Waals surface area (Å²) in [5.74, 6) is 5.70. The molecule has 0 aliphatic heterocycles. The van der Waals surface area contributed by atoms with Crippen LogP contribution in [0.2, 0.25) is 10.0 Å². The van der Waals surface area contributed by atoms with E-state index in [2.05, 4.69) is 21.8 Å². The summed E-state index contributed by atoms with van der Waals surface area (Å²) in [6.07, 6.45) is 2.77. The first kappa shape index (κ1) is 21.6. The quantitative estimate of drug-likeness (QED) is 0.567. The van der Waals surface area contributed by atoms with Gasteiger partial charge in [0.05, 0.1) is 10.7 Å². The number of hydrogen-bond acceptors (Lipinski definition) is 5. The standard InChI is InChI=1S/C22H19Cl2N5O4/c1-27(16-9-4-12(23)11-15(16)24)22(32)33-10-2-3-17-25-18-19(26-17)28(13-5-6-13)21(31)29(20(18)30)14-7-8-14/h4,9,11,13-14H,5-8,10H2,1H3,(H,25,26). The fraction of sp³-hybridized carbons (Fsp3) is 0.364. The Kier molecular flexibility index (Phi) is 5.43. The molecule has 2 fully saturated rings. The molecular weight excluding hydrogens is 469 g/mol. The highest BCUT2D eigenvalue weighted by Crippen LogP contribution is 2.36. The number of rotatable bonds is 4. The lowest BCUT2D eigenvalue weighted by Gasteiger charge is -2.17. The Labute approximate surface area is 197 Å². The third-order valence-electron chi connectivity index (χ3n) is 5.60. The van der Waals surface area contributed by atoms with E-state index in [4.69, 9.17) is 27.9 Å². The number of halogens is 2. The molecule has 2 heterocycles. The van der Waals surface area contributed by atoms with E-state index in [0.29, 0.717) is 21.4 Å². The number of H-pyrrole nitrogens is 1. The van der Waals surface area contributed by atoms with Crippen molar-refractivity contribution in [1.29, 1.82) is 0 Å². The maximum atomic E-state index is 12.9. The van der Waals surface area contributed by atoms with Crippen LogP contribution < -0.4 is 16.1 Å². The van der Waals surface area contributed by atoms with E-state index in [-0.39, 0.29) is 41.3 Å². The van der Waals surface area contributed by atoms with Crippen LogP contribution in [-0.4, -0.2) is 38.8 Å². The molecule has 170 valence electrons. The number of fused-ring (bicyclic) bond motifs is 1. The van der Waals surface area contributed by atoms with Crippen LogP contribution in [0.5, 0.6) is 0 Å². The number of imidazole rings is 1. The van der Waals surface area contributed by atoms with Gasteiger partial charge in [-0.3, -0.25) is 18.8 Å². The first-order valence-corrected chi connectivity index (χ1v) is 11.2. The molecule has 1 amide bonds. The smallest absolute Gasteiger partial charge is 0.415 e. The van der Waals surface area contributed by atoms with E-state index >= 15 is 0 Å². The highest BCUT2D eigenvalue weighted by atomic mass is 35.5. The highest BCUT2D eigenvalue weighted by molar-refractivity contribution is 6.36. The van der Waals surface area contributed by atoms with E-state index in [1.807, 2.05) is 0 Å². The van der Waals surface area contributed by atoms with Gasteiger partial charge in [-0.15, -0.1) is 0 Å². The zero-order valence-corrected chi connectivity index (χ0v) is 19.1. The fourth-order valence-corrected chi connectivity index (χ4v) is 4.18. The van der Waals surface area contributed by atoms with Crippen molar-refractivity contribution < 1.29 is 9.53 Å². The molecule has 9 nitrogen and oxygen atoms in total. The van der Waals surface area contributed by atoms with Crippen LogP contribution in [0.15, 0.2) is 27.8 Å². The molecule has 0 unspecified atom stereocenters. The number of nitrogens with zero attached hydrogens (tertiary/aromatic N) is 4. The van der Waals surface area contributed by atoms with Crippen molar-refractivity contribution in [3.05, 3.63) is 54.9 Å². The summed E-state index contributed by atoms with van der Waals surface area (Å²) in [7, 11) is 1.52. The first-order valence-electron chi connectivity index (χ1n) is 10.5. The molecule has 2 saturated carbocycles. The fourth-order valence-electron chi connectivity index (χ4n) is 3.64. The van der Waals surface area contributed by atoms with Crippen LogP contribution in [0.25, 0.3) is 11.2 Å². The number of nitrogens with one attached hydrogen (secondary N) is 1. The van der Waals surface area contributed by atoms with Crippen molar-refractivity contribution in [3.63, 3.8) is 0 Å². The van der Waals surface area contributed by atoms with Crippen LogP contribution in [0.1, 0.15) is 43.6 Å². The summed E-state index contributed by atoms with van der Waals surface area (Å²) in [5.41, 5.74) is 0.361. The van der Waals surface area contributed by atoms with Gasteiger partial charge in [0.15, 0.2) is 23.6 Å². The van der Waals surface area contributed by atoms with Crippen LogP contribution in [0, 0.1) is 11.8 Å². The molecular formula is C22H19Cl2N5O4. The van der Waals surface area contributed by atoms with Gasteiger partial charge in [-0.2, -0.15) is 0 Å². The Morgan fingerprint density at radius 1 is 1.21 bits per heavy atom. The molecule has 0 saturated heterocycles. The van der Waals surface area contributed by atoms with Gasteiger partial charge >= 0.3 is 11.8 Å². The topological polar surface area (TPSA) is 102 Å². The molecule has 2 aliphatic rings. The summed E-state index contributed by atoms with van der Waals surface area (Å²) in [6, 6.07) is 4.78. The Morgan fingerprint density at radius 3 is 2.58 bits per heavy atom. The largest absolute Gasteiger partial charge is 0.436 e. The van der Waals surface area contributed by atoms with Crippen LogP contribution in [0.4, 0.5) is 10.5 Å². The van der Waals surface area contributed by atoms with Crippen LogP contribution >= 0.6 is 23.2 Å². The average molecular weight is 488 g/mol. The SMILES string of the molecule is CN(C(=O)OCC#Cc1nc2c([nH]1)c(=O)n(C1CC1)c(=O)n2C1CC1)c1ccc(Cl)cc1Cl. The molecule has 0 bridgehead atoms. The molecule has 5 rings (SSSR count). The lowest BCUT2D eigenvalue weighted by Crippen LogP contribution is -2.39.